The van der Waals surface area contributed by atoms with E-state index in [9.17, 15) is 25.2 Å². The molecule has 0 aromatic rings. The summed E-state index contributed by atoms with van der Waals surface area (Å²) >= 11 is 0. The third kappa shape index (κ3) is 16.1. The maximum Gasteiger partial charge on any atom is 0.187 e. The summed E-state index contributed by atoms with van der Waals surface area (Å²) in [6.45, 7) is 19.8. The number of allylic oxidation sites excluding steroid dienone is 23. The highest BCUT2D eigenvalue weighted by atomic mass is 16.7. The lowest BCUT2D eigenvalue weighted by atomic mass is 9.72. The monoisotopic (exact) mass is 728 g/mol. The van der Waals surface area contributed by atoms with Gasteiger partial charge in [-0.15, -0.1) is 0 Å². The molecule has 0 radical (unpaired) electrons. The second-order valence-electron chi connectivity index (χ2n) is 15.4. The van der Waals surface area contributed by atoms with Crippen LogP contribution in [0, 0.1) is 5.41 Å². The molecule has 2 aliphatic rings. The fourth-order valence-electron chi connectivity index (χ4n) is 5.77. The highest BCUT2D eigenvalue weighted by molar-refractivity contribution is 5.97. The van der Waals surface area contributed by atoms with Gasteiger partial charge in [0, 0.05) is 6.42 Å². The number of hydrogen-bond acceptors (Lipinski definition) is 7. The van der Waals surface area contributed by atoms with Gasteiger partial charge in [0.2, 0.25) is 0 Å². The molecule has 1 heterocycles. The largest absolute Gasteiger partial charge is 0.394 e. The summed E-state index contributed by atoms with van der Waals surface area (Å²) in [5, 5.41) is 39.7. The van der Waals surface area contributed by atoms with Crippen LogP contribution in [0.3, 0.4) is 0 Å². The van der Waals surface area contributed by atoms with E-state index in [1.54, 1.807) is 0 Å². The Kier molecular flexibility index (Phi) is 18.8. The van der Waals surface area contributed by atoms with Crippen molar-refractivity contribution in [2.45, 2.75) is 125 Å². The lowest BCUT2D eigenvalue weighted by Gasteiger charge is -2.42. The predicted molar refractivity (Wildman–Crippen MR) is 218 cm³/mol. The van der Waals surface area contributed by atoms with Crippen LogP contribution in [0.5, 0.6) is 0 Å². The van der Waals surface area contributed by atoms with Gasteiger partial charge in [-0.25, -0.2) is 0 Å². The van der Waals surface area contributed by atoms with Crippen molar-refractivity contribution < 1.29 is 34.7 Å². The highest BCUT2D eigenvalue weighted by Gasteiger charge is 2.45. The van der Waals surface area contributed by atoms with E-state index >= 15 is 0 Å². The minimum atomic E-state index is -1.47. The first-order valence-corrected chi connectivity index (χ1v) is 18.5. The quantitative estimate of drug-likeness (QED) is 0.118. The van der Waals surface area contributed by atoms with Crippen molar-refractivity contribution in [3.8, 4) is 0 Å². The SMILES string of the molecule is CC1=C(/C=C/C(C)=C/C=C/C(C)=C/C=C/C=C(C)/C=C/C=C(C)/C=C/C=C(C)/C=C/CC(C)(C)O[C@@H]2O[C@H](CO)[C@@H](O)[C@H](O)[C@H]2O)C(C)(C)CCC1=O. The Morgan fingerprint density at radius 1 is 0.755 bits per heavy atom. The van der Waals surface area contributed by atoms with Crippen molar-refractivity contribution in [2.75, 3.05) is 6.61 Å². The number of Topliss-reactive ketones (excluding diaryl/α,β-unsaturated/α-hetero) is 1. The molecule has 1 aliphatic carbocycles. The van der Waals surface area contributed by atoms with Gasteiger partial charge in [-0.3, -0.25) is 4.79 Å². The third-order valence-electron chi connectivity index (χ3n) is 9.30. The van der Waals surface area contributed by atoms with Crippen molar-refractivity contribution in [3.63, 3.8) is 0 Å². The van der Waals surface area contributed by atoms with Gasteiger partial charge in [0.15, 0.2) is 12.1 Å². The number of ether oxygens (including phenoxy) is 2. The van der Waals surface area contributed by atoms with E-state index in [1.807, 2.05) is 83.2 Å². The average molecular weight is 729 g/mol. The molecular formula is C46H64O7. The van der Waals surface area contributed by atoms with Crippen LogP contribution in [0.4, 0.5) is 0 Å². The molecule has 0 saturated carbocycles. The summed E-state index contributed by atoms with van der Waals surface area (Å²) in [4.78, 5) is 12.2. The van der Waals surface area contributed by atoms with Gasteiger partial charge in [-0.05, 0) is 84.8 Å². The lowest BCUT2D eigenvalue weighted by molar-refractivity contribution is -0.322. The van der Waals surface area contributed by atoms with Crippen LogP contribution in [-0.2, 0) is 14.3 Å². The number of rotatable bonds is 16. The molecule has 5 atom stereocenters. The van der Waals surface area contributed by atoms with Crippen molar-refractivity contribution in [1.29, 1.82) is 0 Å². The van der Waals surface area contributed by atoms with Gasteiger partial charge in [-0.2, -0.15) is 0 Å². The van der Waals surface area contributed by atoms with Crippen LogP contribution in [0.15, 0.2) is 142 Å². The zero-order valence-corrected chi connectivity index (χ0v) is 33.5. The van der Waals surface area contributed by atoms with Gasteiger partial charge >= 0.3 is 0 Å². The zero-order chi connectivity index (χ0) is 39.8. The first-order chi connectivity index (χ1) is 24.9. The number of hydrogen-bond donors (Lipinski definition) is 4. The third-order valence-corrected chi connectivity index (χ3v) is 9.30. The molecule has 1 aliphatic heterocycles. The Hall–Kier alpha value is -3.69. The summed E-state index contributed by atoms with van der Waals surface area (Å²) in [6, 6.07) is 0. The fourth-order valence-corrected chi connectivity index (χ4v) is 5.77. The molecule has 7 nitrogen and oxygen atoms in total. The normalized spacial score (nSPS) is 26.3. The number of carbonyl (C=O) groups is 1. The van der Waals surface area contributed by atoms with E-state index in [2.05, 4.69) is 89.3 Å². The molecule has 53 heavy (non-hydrogen) atoms. The summed E-state index contributed by atoms with van der Waals surface area (Å²) in [7, 11) is 0. The average Bonchev–Trinajstić information content (AvgIpc) is 3.08. The van der Waals surface area contributed by atoms with E-state index in [4.69, 9.17) is 9.47 Å². The van der Waals surface area contributed by atoms with Crippen LogP contribution < -0.4 is 0 Å². The zero-order valence-electron chi connectivity index (χ0n) is 33.5. The number of carbonyl (C=O) groups excluding carboxylic acids is 1. The van der Waals surface area contributed by atoms with Crippen LogP contribution in [0.2, 0.25) is 0 Å². The molecule has 7 heteroatoms. The van der Waals surface area contributed by atoms with Gasteiger partial charge in [0.25, 0.3) is 0 Å². The van der Waals surface area contributed by atoms with E-state index in [-0.39, 0.29) is 11.2 Å². The Bertz CT molecular complexity index is 1610. The molecule has 4 N–H and O–H groups in total. The molecule has 1 fully saturated rings. The topological polar surface area (TPSA) is 116 Å². The molecule has 0 unspecified atom stereocenters. The van der Waals surface area contributed by atoms with Gasteiger partial charge in [0.05, 0.1) is 12.2 Å². The van der Waals surface area contributed by atoms with Gasteiger partial charge in [-0.1, -0.05) is 145 Å². The molecular weight excluding hydrogens is 664 g/mol. The maximum atomic E-state index is 12.2. The van der Waals surface area contributed by atoms with Gasteiger partial charge in [0.1, 0.15) is 24.4 Å². The molecule has 0 amide bonds. The second kappa shape index (κ2) is 21.9. The van der Waals surface area contributed by atoms with Crippen molar-refractivity contribution in [3.05, 3.63) is 142 Å². The standard InChI is InChI=1S/C46H64O7/c1-32(17-11-12-18-33(2)20-15-24-36(5)26-27-38-37(6)39(48)28-30-45(38,7)8)19-13-21-34(3)22-14-23-35(4)25-16-29-46(9,10)53-44-43(51)42(50)41(49)40(31-47)52-44/h11-27,40-44,47,49-51H,28-31H2,1-10H3/b12-11+,19-13+,20-15+,22-14+,25-16+,27-26+,32-17+,33-18+,34-21+,35-23+,36-24+/t40-,41-,42+,43-,44+/m1/s1. The van der Waals surface area contributed by atoms with Crippen LogP contribution in [-0.4, -0.2) is 69.1 Å². The Morgan fingerprint density at radius 3 is 1.74 bits per heavy atom. The molecule has 1 saturated heterocycles. The Balaban J connectivity index is 1.83. The number of ketones is 1. The summed E-state index contributed by atoms with van der Waals surface area (Å²) in [5.41, 5.74) is 6.88. The lowest BCUT2D eigenvalue weighted by Crippen LogP contribution is -2.60. The first-order valence-electron chi connectivity index (χ1n) is 18.5. The smallest absolute Gasteiger partial charge is 0.187 e. The Labute approximate surface area is 318 Å². The summed E-state index contributed by atoms with van der Waals surface area (Å²) in [6.07, 6.45) is 30.3. The second-order valence-corrected chi connectivity index (χ2v) is 15.4. The summed E-state index contributed by atoms with van der Waals surface area (Å²) in [5.74, 6) is 0.259. The molecule has 0 aromatic heterocycles. The molecule has 0 aromatic carbocycles. The minimum absolute atomic E-state index is 0.0230. The van der Waals surface area contributed by atoms with Crippen LogP contribution in [0.25, 0.3) is 0 Å². The van der Waals surface area contributed by atoms with Crippen molar-refractivity contribution in [2.24, 2.45) is 5.41 Å². The van der Waals surface area contributed by atoms with E-state index in [0.717, 1.165) is 45.4 Å². The minimum Gasteiger partial charge on any atom is -0.394 e. The molecule has 2 rings (SSSR count). The molecule has 0 spiro atoms. The van der Waals surface area contributed by atoms with E-state index in [0.29, 0.717) is 12.8 Å². The van der Waals surface area contributed by atoms with Crippen LogP contribution >= 0.6 is 0 Å². The highest BCUT2D eigenvalue weighted by Crippen LogP contribution is 2.39. The predicted octanol–water partition coefficient (Wildman–Crippen LogP) is 8.75. The number of aliphatic hydroxyl groups excluding tert-OH is 4. The van der Waals surface area contributed by atoms with Crippen LogP contribution in [0.1, 0.15) is 88.5 Å². The van der Waals surface area contributed by atoms with Crippen molar-refractivity contribution in [1.82, 2.24) is 0 Å². The molecule has 290 valence electrons. The Morgan fingerprint density at radius 2 is 1.23 bits per heavy atom. The van der Waals surface area contributed by atoms with Crippen molar-refractivity contribution >= 4 is 5.78 Å². The fraction of sp³-hybridized carbons (Fsp3) is 0.457. The number of aliphatic hydroxyl groups is 4. The first kappa shape index (κ1) is 45.5. The van der Waals surface area contributed by atoms with E-state index in [1.165, 1.54) is 0 Å². The molecule has 0 bridgehead atoms. The summed E-state index contributed by atoms with van der Waals surface area (Å²) < 4.78 is 11.4. The van der Waals surface area contributed by atoms with E-state index < -0.39 is 42.9 Å². The maximum absolute atomic E-state index is 12.2. The van der Waals surface area contributed by atoms with Gasteiger partial charge < -0.3 is 29.9 Å².